The fourth-order valence-electron chi connectivity index (χ4n) is 2.77. The number of benzene rings is 3. The Kier molecular flexibility index (Phi) is 6.94. The topological polar surface area (TPSA) is 142 Å². The van der Waals surface area contributed by atoms with Gasteiger partial charge in [0.1, 0.15) is 11.5 Å². The molecule has 1 amide bonds. The number of nitro benzene ring substituents is 2. The molecule has 33 heavy (non-hydrogen) atoms. The third-order valence-corrected chi connectivity index (χ3v) is 4.47. The minimum atomic E-state index is -0.703. The molecule has 0 aliphatic heterocycles. The number of carbonyl (C=O) groups is 2. The standard InChI is InChI=1S/C22H17N3O8/c1-23(22(27)15-3-2-4-18(13-15)25(30)31)16-5-9-19(10-6-16)32-14-21(26)33-20-11-7-17(8-12-20)24(28)29/h2-13H,14H2,1H3. The molecule has 3 rings (SSSR count). The van der Waals surface area contributed by atoms with Crippen LogP contribution in [0.2, 0.25) is 0 Å². The molecule has 0 saturated heterocycles. The lowest BCUT2D eigenvalue weighted by molar-refractivity contribution is -0.385. The Morgan fingerprint density at radius 3 is 2.06 bits per heavy atom. The van der Waals surface area contributed by atoms with Crippen molar-refractivity contribution in [1.82, 2.24) is 0 Å². The predicted octanol–water partition coefficient (Wildman–Crippen LogP) is 3.76. The van der Waals surface area contributed by atoms with Crippen LogP contribution in [0.3, 0.4) is 0 Å². The van der Waals surface area contributed by atoms with Gasteiger partial charge < -0.3 is 14.4 Å². The Morgan fingerprint density at radius 2 is 1.45 bits per heavy atom. The van der Waals surface area contributed by atoms with Gasteiger partial charge in [-0.1, -0.05) is 6.07 Å². The maximum atomic E-state index is 12.6. The lowest BCUT2D eigenvalue weighted by atomic mass is 10.1. The van der Waals surface area contributed by atoms with E-state index in [2.05, 4.69) is 0 Å². The van der Waals surface area contributed by atoms with E-state index in [9.17, 15) is 29.8 Å². The van der Waals surface area contributed by atoms with Crippen LogP contribution >= 0.6 is 0 Å². The molecule has 168 valence electrons. The van der Waals surface area contributed by atoms with Gasteiger partial charge in [0.2, 0.25) is 0 Å². The molecular formula is C22H17N3O8. The van der Waals surface area contributed by atoms with Crippen LogP contribution in [-0.4, -0.2) is 35.4 Å². The van der Waals surface area contributed by atoms with Gasteiger partial charge in [-0.05, 0) is 42.5 Å². The van der Waals surface area contributed by atoms with E-state index in [1.165, 1.54) is 60.5 Å². The van der Waals surface area contributed by atoms with Gasteiger partial charge in [0.15, 0.2) is 6.61 Å². The quantitative estimate of drug-likeness (QED) is 0.218. The van der Waals surface area contributed by atoms with Crippen LogP contribution < -0.4 is 14.4 Å². The van der Waals surface area contributed by atoms with E-state index in [0.717, 1.165) is 0 Å². The summed E-state index contributed by atoms with van der Waals surface area (Å²) < 4.78 is 10.4. The Morgan fingerprint density at radius 1 is 0.848 bits per heavy atom. The first-order valence-electron chi connectivity index (χ1n) is 9.45. The van der Waals surface area contributed by atoms with Crippen molar-refractivity contribution in [1.29, 1.82) is 0 Å². The van der Waals surface area contributed by atoms with Gasteiger partial charge in [0.05, 0.1) is 9.85 Å². The number of hydrogen-bond acceptors (Lipinski definition) is 8. The monoisotopic (exact) mass is 451 g/mol. The number of non-ortho nitro benzene ring substituents is 2. The average molecular weight is 451 g/mol. The van der Waals surface area contributed by atoms with Crippen LogP contribution in [0.1, 0.15) is 10.4 Å². The summed E-state index contributed by atoms with van der Waals surface area (Å²) in [6, 6.07) is 16.7. The second-order valence-electron chi connectivity index (χ2n) is 6.68. The van der Waals surface area contributed by atoms with Crippen LogP contribution in [0.15, 0.2) is 72.8 Å². The summed E-state index contributed by atoms with van der Waals surface area (Å²) in [6.45, 7) is -0.404. The van der Waals surface area contributed by atoms with Gasteiger partial charge in [-0.3, -0.25) is 25.0 Å². The van der Waals surface area contributed by atoms with Crippen molar-refractivity contribution in [2.45, 2.75) is 0 Å². The molecule has 3 aromatic carbocycles. The molecule has 11 heteroatoms. The first-order valence-corrected chi connectivity index (χ1v) is 9.45. The second kappa shape index (κ2) is 10.0. The number of hydrogen-bond donors (Lipinski definition) is 0. The first kappa shape index (κ1) is 22.9. The number of amides is 1. The molecule has 0 aliphatic rings. The number of nitrogens with zero attached hydrogens (tertiary/aromatic N) is 3. The number of anilines is 1. The summed E-state index contributed by atoms with van der Waals surface area (Å²) in [5.41, 5.74) is 0.368. The Bertz CT molecular complexity index is 1190. The molecule has 0 atom stereocenters. The van der Waals surface area contributed by atoms with E-state index in [0.29, 0.717) is 11.4 Å². The molecule has 0 heterocycles. The van der Waals surface area contributed by atoms with Gasteiger partial charge in [0.25, 0.3) is 17.3 Å². The van der Waals surface area contributed by atoms with Crippen molar-refractivity contribution in [3.05, 3.63) is 98.6 Å². The lowest BCUT2D eigenvalue weighted by Crippen LogP contribution is -2.26. The van der Waals surface area contributed by atoms with E-state index < -0.39 is 28.3 Å². The third kappa shape index (κ3) is 5.88. The molecular weight excluding hydrogens is 434 g/mol. The smallest absolute Gasteiger partial charge is 0.349 e. The zero-order valence-electron chi connectivity index (χ0n) is 17.2. The fourth-order valence-corrected chi connectivity index (χ4v) is 2.77. The lowest BCUT2D eigenvalue weighted by Gasteiger charge is -2.17. The van der Waals surface area contributed by atoms with Gasteiger partial charge in [-0.2, -0.15) is 0 Å². The molecule has 0 spiro atoms. The van der Waals surface area contributed by atoms with Crippen LogP contribution in [0.4, 0.5) is 17.1 Å². The molecule has 0 bridgehead atoms. The number of ether oxygens (including phenoxy) is 2. The predicted molar refractivity (Wildman–Crippen MR) is 116 cm³/mol. The minimum Gasteiger partial charge on any atom is -0.482 e. The van der Waals surface area contributed by atoms with Crippen molar-refractivity contribution < 1.29 is 28.9 Å². The molecule has 0 aliphatic carbocycles. The van der Waals surface area contributed by atoms with E-state index in [-0.39, 0.29) is 22.7 Å². The Labute approximate surface area is 187 Å². The highest BCUT2D eigenvalue weighted by Gasteiger charge is 2.17. The maximum absolute atomic E-state index is 12.6. The zero-order chi connectivity index (χ0) is 24.0. The molecule has 0 radical (unpaired) electrons. The van der Waals surface area contributed by atoms with Crippen molar-refractivity contribution in [2.75, 3.05) is 18.6 Å². The number of rotatable bonds is 8. The summed E-state index contributed by atoms with van der Waals surface area (Å²) in [6.07, 6.45) is 0. The molecule has 0 fully saturated rings. The van der Waals surface area contributed by atoms with Gasteiger partial charge in [0, 0.05) is 42.6 Å². The Balaban J connectivity index is 1.56. The summed E-state index contributed by atoms with van der Waals surface area (Å²) in [5, 5.41) is 21.6. The number of nitro groups is 2. The number of carbonyl (C=O) groups excluding carboxylic acids is 2. The molecule has 11 nitrogen and oxygen atoms in total. The molecule has 0 saturated carbocycles. The highest BCUT2D eigenvalue weighted by molar-refractivity contribution is 6.06. The van der Waals surface area contributed by atoms with Crippen LogP contribution in [0.5, 0.6) is 11.5 Å². The van der Waals surface area contributed by atoms with Crippen molar-refractivity contribution in [2.24, 2.45) is 0 Å². The third-order valence-electron chi connectivity index (χ3n) is 4.47. The summed E-state index contributed by atoms with van der Waals surface area (Å²) in [4.78, 5) is 46.3. The summed E-state index contributed by atoms with van der Waals surface area (Å²) >= 11 is 0. The molecule has 0 aromatic heterocycles. The second-order valence-corrected chi connectivity index (χ2v) is 6.68. The zero-order valence-corrected chi connectivity index (χ0v) is 17.2. The van der Waals surface area contributed by atoms with E-state index in [1.807, 2.05) is 0 Å². The van der Waals surface area contributed by atoms with Crippen molar-refractivity contribution in [3.63, 3.8) is 0 Å². The van der Waals surface area contributed by atoms with Crippen LogP contribution in [-0.2, 0) is 4.79 Å². The summed E-state index contributed by atoms with van der Waals surface area (Å²) in [5.74, 6) is -0.647. The highest BCUT2D eigenvalue weighted by atomic mass is 16.6. The van der Waals surface area contributed by atoms with Crippen LogP contribution in [0.25, 0.3) is 0 Å². The summed E-state index contributed by atoms with van der Waals surface area (Å²) in [7, 11) is 1.53. The normalized spacial score (nSPS) is 10.2. The van der Waals surface area contributed by atoms with Gasteiger partial charge in [-0.15, -0.1) is 0 Å². The average Bonchev–Trinajstić information content (AvgIpc) is 2.82. The molecule has 0 N–H and O–H groups in total. The van der Waals surface area contributed by atoms with E-state index in [1.54, 1.807) is 24.3 Å². The molecule has 3 aromatic rings. The van der Waals surface area contributed by atoms with E-state index >= 15 is 0 Å². The molecule has 0 unspecified atom stereocenters. The first-order chi connectivity index (χ1) is 15.7. The number of esters is 1. The maximum Gasteiger partial charge on any atom is 0.349 e. The van der Waals surface area contributed by atoms with Gasteiger partial charge in [-0.25, -0.2) is 4.79 Å². The van der Waals surface area contributed by atoms with Gasteiger partial charge >= 0.3 is 5.97 Å². The van der Waals surface area contributed by atoms with Crippen molar-refractivity contribution >= 4 is 28.9 Å². The minimum absolute atomic E-state index is 0.125. The van der Waals surface area contributed by atoms with Crippen LogP contribution in [0, 0.1) is 20.2 Å². The van der Waals surface area contributed by atoms with E-state index in [4.69, 9.17) is 9.47 Å². The largest absolute Gasteiger partial charge is 0.482 e. The van der Waals surface area contributed by atoms with Crippen molar-refractivity contribution in [3.8, 4) is 11.5 Å². The SMILES string of the molecule is CN(C(=O)c1cccc([N+](=O)[O-])c1)c1ccc(OCC(=O)Oc2ccc([N+](=O)[O-])cc2)cc1. The highest BCUT2D eigenvalue weighted by Crippen LogP contribution is 2.22. The fraction of sp³-hybridized carbons (Fsp3) is 0.0909. The Hall–Kier alpha value is -4.80.